The molecule has 0 spiro atoms. The zero-order valence-corrected chi connectivity index (χ0v) is 10.9. The number of fused-ring (bicyclic) bond motifs is 1. The van der Waals surface area contributed by atoms with Crippen LogP contribution in [0.15, 0.2) is 58.9 Å². The fraction of sp³-hybridized carbons (Fsp3) is 0.133. The van der Waals surface area contributed by atoms with Gasteiger partial charge in [-0.15, -0.1) is 10.2 Å². The lowest BCUT2D eigenvalue weighted by atomic mass is 10.2. The van der Waals surface area contributed by atoms with Crippen LogP contribution in [0.5, 0.6) is 0 Å². The zero-order valence-electron chi connectivity index (χ0n) is 10.9. The van der Waals surface area contributed by atoms with Crippen molar-refractivity contribution in [2.24, 2.45) is 10.2 Å². The van der Waals surface area contributed by atoms with Gasteiger partial charge in [0.1, 0.15) is 5.65 Å². The van der Waals surface area contributed by atoms with E-state index in [2.05, 4.69) is 15.2 Å². The Labute approximate surface area is 111 Å². The molecule has 2 aromatic heterocycles. The molecule has 3 rings (SSSR count). The highest BCUT2D eigenvalue weighted by molar-refractivity contribution is 5.52. The standard InChI is InChI=1S/C15H14N4/c1-11-7-3-4-8-13(11)17-18-15-12(2)16-14-9-5-6-10-19(14)15/h3-10H,1-2H3. The molecule has 0 aliphatic heterocycles. The van der Waals surface area contributed by atoms with Gasteiger partial charge in [0.05, 0.1) is 11.4 Å². The summed E-state index contributed by atoms with van der Waals surface area (Å²) in [7, 11) is 0. The molecular weight excluding hydrogens is 236 g/mol. The second-order valence-electron chi connectivity index (χ2n) is 4.44. The quantitative estimate of drug-likeness (QED) is 0.623. The van der Waals surface area contributed by atoms with E-state index in [0.29, 0.717) is 0 Å². The summed E-state index contributed by atoms with van der Waals surface area (Å²) in [6.45, 7) is 3.97. The molecule has 0 saturated carbocycles. The summed E-state index contributed by atoms with van der Waals surface area (Å²) in [4.78, 5) is 4.46. The van der Waals surface area contributed by atoms with Crippen molar-refractivity contribution < 1.29 is 0 Å². The Morgan fingerprint density at radius 3 is 2.58 bits per heavy atom. The van der Waals surface area contributed by atoms with Crippen LogP contribution >= 0.6 is 0 Å². The summed E-state index contributed by atoms with van der Waals surface area (Å²) < 4.78 is 1.94. The fourth-order valence-corrected chi connectivity index (χ4v) is 2.00. The molecule has 0 atom stereocenters. The van der Waals surface area contributed by atoms with E-state index < -0.39 is 0 Å². The maximum absolute atomic E-state index is 4.46. The average Bonchev–Trinajstić information content (AvgIpc) is 2.74. The van der Waals surface area contributed by atoms with Gasteiger partial charge in [-0.1, -0.05) is 24.3 Å². The van der Waals surface area contributed by atoms with Crippen molar-refractivity contribution in [1.29, 1.82) is 0 Å². The molecule has 0 fully saturated rings. The monoisotopic (exact) mass is 250 g/mol. The van der Waals surface area contributed by atoms with E-state index in [9.17, 15) is 0 Å². The lowest BCUT2D eigenvalue weighted by molar-refractivity contribution is 1.09. The number of nitrogens with zero attached hydrogens (tertiary/aromatic N) is 4. The Bertz CT molecular complexity index is 756. The van der Waals surface area contributed by atoms with Gasteiger partial charge >= 0.3 is 0 Å². The first-order chi connectivity index (χ1) is 9.25. The normalized spacial score (nSPS) is 11.5. The van der Waals surface area contributed by atoms with Gasteiger partial charge in [0, 0.05) is 6.20 Å². The number of aryl methyl sites for hydroxylation is 2. The molecule has 1 aromatic carbocycles. The van der Waals surface area contributed by atoms with Crippen LogP contribution in [0.4, 0.5) is 11.5 Å². The Morgan fingerprint density at radius 2 is 1.74 bits per heavy atom. The first-order valence-corrected chi connectivity index (χ1v) is 6.17. The first-order valence-electron chi connectivity index (χ1n) is 6.17. The third-order valence-corrected chi connectivity index (χ3v) is 3.04. The van der Waals surface area contributed by atoms with Gasteiger partial charge in [0.25, 0.3) is 0 Å². The molecule has 4 heteroatoms. The van der Waals surface area contributed by atoms with Gasteiger partial charge in [-0.2, -0.15) is 0 Å². The van der Waals surface area contributed by atoms with Gasteiger partial charge in [-0.05, 0) is 37.6 Å². The van der Waals surface area contributed by atoms with Crippen molar-refractivity contribution >= 4 is 17.2 Å². The molecule has 0 unspecified atom stereocenters. The van der Waals surface area contributed by atoms with Crippen LogP contribution in [0.25, 0.3) is 5.65 Å². The van der Waals surface area contributed by atoms with Crippen molar-refractivity contribution in [1.82, 2.24) is 9.38 Å². The Balaban J connectivity index is 2.06. The number of azo groups is 1. The molecule has 94 valence electrons. The van der Waals surface area contributed by atoms with E-state index in [-0.39, 0.29) is 0 Å². The molecule has 4 nitrogen and oxygen atoms in total. The van der Waals surface area contributed by atoms with Crippen LogP contribution < -0.4 is 0 Å². The SMILES string of the molecule is Cc1ccccc1N=Nc1c(C)nc2ccccn12. The lowest BCUT2D eigenvalue weighted by Gasteiger charge is -1.98. The first kappa shape index (κ1) is 11.6. The highest BCUT2D eigenvalue weighted by Gasteiger charge is 2.06. The molecule has 2 heterocycles. The molecular formula is C15H14N4. The molecule has 3 aromatic rings. The van der Waals surface area contributed by atoms with Crippen molar-refractivity contribution in [3.05, 3.63) is 59.9 Å². The van der Waals surface area contributed by atoms with Gasteiger partial charge in [-0.25, -0.2) is 4.98 Å². The molecule has 0 bridgehead atoms. The van der Waals surface area contributed by atoms with Crippen LogP contribution in [0.2, 0.25) is 0 Å². The van der Waals surface area contributed by atoms with Crippen LogP contribution in [-0.4, -0.2) is 9.38 Å². The van der Waals surface area contributed by atoms with Crippen molar-refractivity contribution in [3.63, 3.8) is 0 Å². The second-order valence-corrected chi connectivity index (χ2v) is 4.44. The number of rotatable bonds is 2. The highest BCUT2D eigenvalue weighted by Crippen LogP contribution is 2.24. The Hall–Kier alpha value is -2.49. The van der Waals surface area contributed by atoms with E-state index in [0.717, 1.165) is 28.4 Å². The van der Waals surface area contributed by atoms with Gasteiger partial charge in [0.2, 0.25) is 0 Å². The highest BCUT2D eigenvalue weighted by atomic mass is 15.2. The van der Waals surface area contributed by atoms with E-state index in [1.165, 1.54) is 0 Å². The van der Waals surface area contributed by atoms with E-state index in [4.69, 9.17) is 0 Å². The van der Waals surface area contributed by atoms with Crippen LogP contribution in [0, 0.1) is 13.8 Å². The van der Waals surface area contributed by atoms with Gasteiger partial charge < -0.3 is 0 Å². The zero-order chi connectivity index (χ0) is 13.2. The van der Waals surface area contributed by atoms with E-state index in [1.54, 1.807) is 0 Å². The van der Waals surface area contributed by atoms with Crippen LogP contribution in [-0.2, 0) is 0 Å². The maximum Gasteiger partial charge on any atom is 0.182 e. The molecule has 0 aliphatic carbocycles. The van der Waals surface area contributed by atoms with Crippen LogP contribution in [0.1, 0.15) is 11.3 Å². The fourth-order valence-electron chi connectivity index (χ4n) is 2.00. The van der Waals surface area contributed by atoms with Crippen molar-refractivity contribution in [3.8, 4) is 0 Å². The predicted octanol–water partition coefficient (Wildman–Crippen LogP) is 4.37. The van der Waals surface area contributed by atoms with Crippen molar-refractivity contribution in [2.45, 2.75) is 13.8 Å². The summed E-state index contributed by atoms with van der Waals surface area (Å²) in [6.07, 6.45) is 1.95. The topological polar surface area (TPSA) is 42.0 Å². The number of imidazole rings is 1. The van der Waals surface area contributed by atoms with Crippen molar-refractivity contribution in [2.75, 3.05) is 0 Å². The Kier molecular flexibility index (Phi) is 2.83. The third kappa shape index (κ3) is 2.12. The summed E-state index contributed by atoms with van der Waals surface area (Å²) in [5.74, 6) is 0.777. The molecule has 0 saturated heterocycles. The largest absolute Gasteiger partial charge is 0.283 e. The predicted molar refractivity (Wildman–Crippen MR) is 75.3 cm³/mol. The van der Waals surface area contributed by atoms with Gasteiger partial charge in [0.15, 0.2) is 5.82 Å². The Morgan fingerprint density at radius 1 is 0.947 bits per heavy atom. The van der Waals surface area contributed by atoms with E-state index in [1.807, 2.05) is 66.9 Å². The molecule has 0 radical (unpaired) electrons. The summed E-state index contributed by atoms with van der Waals surface area (Å²) in [5, 5.41) is 8.67. The summed E-state index contributed by atoms with van der Waals surface area (Å²) in [5.41, 5.74) is 3.76. The minimum atomic E-state index is 0.777. The second kappa shape index (κ2) is 4.65. The minimum absolute atomic E-state index is 0.777. The molecule has 0 N–H and O–H groups in total. The molecule has 0 aliphatic rings. The van der Waals surface area contributed by atoms with Gasteiger partial charge in [-0.3, -0.25) is 4.40 Å². The summed E-state index contributed by atoms with van der Waals surface area (Å²) in [6, 6.07) is 13.8. The lowest BCUT2D eigenvalue weighted by Crippen LogP contribution is -1.81. The summed E-state index contributed by atoms with van der Waals surface area (Å²) >= 11 is 0. The maximum atomic E-state index is 4.46. The molecule has 19 heavy (non-hydrogen) atoms. The average molecular weight is 250 g/mol. The molecule has 0 amide bonds. The number of hydrogen-bond acceptors (Lipinski definition) is 3. The third-order valence-electron chi connectivity index (χ3n) is 3.04. The number of hydrogen-bond donors (Lipinski definition) is 0. The number of aromatic nitrogens is 2. The smallest absolute Gasteiger partial charge is 0.182 e. The number of pyridine rings is 1. The van der Waals surface area contributed by atoms with Crippen LogP contribution in [0.3, 0.4) is 0 Å². The minimum Gasteiger partial charge on any atom is -0.283 e. The number of benzene rings is 1. The van der Waals surface area contributed by atoms with E-state index >= 15 is 0 Å².